The molecule has 2 rings (SSSR count). The van der Waals surface area contributed by atoms with Gasteiger partial charge in [0.2, 0.25) is 0 Å². The van der Waals surface area contributed by atoms with Gasteiger partial charge in [-0.15, -0.1) is 0 Å². The molecule has 94 valence electrons. The molecule has 1 aromatic rings. The molecule has 1 N–H and O–H groups in total. The minimum atomic E-state index is -0.168. The lowest BCUT2D eigenvalue weighted by Crippen LogP contribution is -2.31. The molecule has 0 heterocycles. The van der Waals surface area contributed by atoms with Crippen LogP contribution in [0.2, 0.25) is 0 Å². The molecule has 1 saturated carbocycles. The number of nitrogens with one attached hydrogen (secondary N) is 1. The smallest absolute Gasteiger partial charge is 0.296 e. The molecule has 2 heteroatoms. The number of carbonyl (C=O) groups is 1. The highest BCUT2D eigenvalue weighted by Crippen LogP contribution is 2.35. The highest BCUT2D eigenvalue weighted by molar-refractivity contribution is 5.93. The van der Waals surface area contributed by atoms with E-state index in [0.717, 1.165) is 0 Å². The average Bonchev–Trinajstić information content (AvgIpc) is 2.91. The summed E-state index contributed by atoms with van der Waals surface area (Å²) in [5.74, 6) is 5.60. The maximum absolute atomic E-state index is 11.7. The Kier molecular flexibility index (Phi) is 4.41. The zero-order valence-electron chi connectivity index (χ0n) is 10.8. The molecule has 0 aliphatic heterocycles. The molecule has 1 aliphatic rings. The number of rotatable bonds is 3. The van der Waals surface area contributed by atoms with Crippen LogP contribution in [0, 0.1) is 17.8 Å². The van der Waals surface area contributed by atoms with Crippen LogP contribution in [0.3, 0.4) is 0 Å². The number of hydrogen-bond donors (Lipinski definition) is 1. The van der Waals surface area contributed by atoms with Gasteiger partial charge in [-0.25, -0.2) is 0 Å². The van der Waals surface area contributed by atoms with Gasteiger partial charge in [0.1, 0.15) is 0 Å². The summed E-state index contributed by atoms with van der Waals surface area (Å²) in [5.41, 5.74) is 1.19. The molecule has 0 spiro atoms. The van der Waals surface area contributed by atoms with Crippen molar-refractivity contribution in [3.05, 3.63) is 35.9 Å². The van der Waals surface area contributed by atoms with Crippen LogP contribution in [0.5, 0.6) is 0 Å². The number of amides is 1. The molecule has 0 aromatic heterocycles. The summed E-state index contributed by atoms with van der Waals surface area (Å²) in [7, 11) is 0. The minimum Gasteiger partial charge on any atom is -0.338 e. The van der Waals surface area contributed by atoms with E-state index >= 15 is 0 Å². The summed E-state index contributed by atoms with van der Waals surface area (Å²) >= 11 is 0. The van der Waals surface area contributed by atoms with Gasteiger partial charge in [-0.3, -0.25) is 4.79 Å². The van der Waals surface area contributed by atoms with E-state index in [2.05, 4.69) is 29.3 Å². The summed E-state index contributed by atoms with van der Waals surface area (Å²) in [4.78, 5) is 11.7. The van der Waals surface area contributed by atoms with Crippen molar-refractivity contribution in [1.82, 2.24) is 5.32 Å². The molecule has 0 unspecified atom stereocenters. The molecule has 2 nitrogen and oxygen atoms in total. The van der Waals surface area contributed by atoms with Crippen LogP contribution in [0.1, 0.15) is 44.2 Å². The molecule has 1 fully saturated rings. The zero-order chi connectivity index (χ0) is 12.8. The first-order valence-corrected chi connectivity index (χ1v) is 6.59. The van der Waals surface area contributed by atoms with E-state index in [9.17, 15) is 4.79 Å². The second-order valence-electron chi connectivity index (χ2n) is 4.78. The minimum absolute atomic E-state index is 0.113. The maximum Gasteiger partial charge on any atom is 0.296 e. The summed E-state index contributed by atoms with van der Waals surface area (Å²) in [5, 5.41) is 3.06. The van der Waals surface area contributed by atoms with E-state index in [0.29, 0.717) is 5.92 Å². The highest BCUT2D eigenvalue weighted by atomic mass is 16.1. The number of benzene rings is 1. The fourth-order valence-electron chi connectivity index (χ4n) is 2.72. The second kappa shape index (κ2) is 6.26. The first-order chi connectivity index (χ1) is 8.81. The van der Waals surface area contributed by atoms with Crippen LogP contribution in [-0.2, 0) is 4.79 Å². The van der Waals surface area contributed by atoms with E-state index in [1.54, 1.807) is 6.92 Å². The Morgan fingerprint density at radius 2 is 1.94 bits per heavy atom. The van der Waals surface area contributed by atoms with E-state index in [-0.39, 0.29) is 11.9 Å². The topological polar surface area (TPSA) is 29.1 Å². The summed E-state index contributed by atoms with van der Waals surface area (Å²) in [6.07, 6.45) is 4.92. The lowest BCUT2D eigenvalue weighted by atomic mass is 9.91. The fourth-order valence-corrected chi connectivity index (χ4v) is 2.72. The van der Waals surface area contributed by atoms with E-state index in [1.165, 1.54) is 31.2 Å². The SMILES string of the molecule is CC#CC(=O)N[C@H](c1ccccc1)C1CCCC1. The Morgan fingerprint density at radius 1 is 1.28 bits per heavy atom. The standard InChI is InChI=1S/C16H19NO/c1-2-8-15(18)17-16(14-11-6-7-12-14)13-9-4-3-5-10-13/h3-5,9-10,14,16H,6-7,11-12H2,1H3,(H,17,18)/t16-/m1/s1. The molecule has 0 saturated heterocycles. The average molecular weight is 241 g/mol. The highest BCUT2D eigenvalue weighted by Gasteiger charge is 2.27. The van der Waals surface area contributed by atoms with Gasteiger partial charge in [-0.2, -0.15) is 0 Å². The first-order valence-electron chi connectivity index (χ1n) is 6.59. The van der Waals surface area contributed by atoms with Crippen LogP contribution < -0.4 is 5.32 Å². The Morgan fingerprint density at radius 3 is 2.56 bits per heavy atom. The first kappa shape index (κ1) is 12.7. The van der Waals surface area contributed by atoms with Crippen molar-refractivity contribution in [3.8, 4) is 11.8 Å². The molecule has 0 bridgehead atoms. The summed E-state index contributed by atoms with van der Waals surface area (Å²) in [6, 6.07) is 10.3. The van der Waals surface area contributed by atoms with E-state index in [4.69, 9.17) is 0 Å². The quantitative estimate of drug-likeness (QED) is 0.810. The Hall–Kier alpha value is -1.75. The maximum atomic E-state index is 11.7. The number of hydrogen-bond acceptors (Lipinski definition) is 1. The van der Waals surface area contributed by atoms with Crippen molar-refractivity contribution in [2.75, 3.05) is 0 Å². The van der Waals surface area contributed by atoms with Gasteiger partial charge in [-0.05, 0) is 37.2 Å². The third-order valence-corrected chi connectivity index (χ3v) is 3.56. The molecule has 1 aliphatic carbocycles. The van der Waals surface area contributed by atoms with Crippen LogP contribution in [0.25, 0.3) is 0 Å². The predicted molar refractivity (Wildman–Crippen MR) is 72.7 cm³/mol. The van der Waals surface area contributed by atoms with Gasteiger partial charge < -0.3 is 5.32 Å². The van der Waals surface area contributed by atoms with Crippen molar-refractivity contribution in [1.29, 1.82) is 0 Å². The lowest BCUT2D eigenvalue weighted by Gasteiger charge is -2.24. The Balaban J connectivity index is 2.16. The normalized spacial score (nSPS) is 16.7. The molecular weight excluding hydrogens is 222 g/mol. The summed E-state index contributed by atoms with van der Waals surface area (Å²) < 4.78 is 0. The lowest BCUT2D eigenvalue weighted by molar-refractivity contribution is -0.116. The second-order valence-corrected chi connectivity index (χ2v) is 4.78. The third-order valence-electron chi connectivity index (χ3n) is 3.56. The van der Waals surface area contributed by atoms with Crippen molar-refractivity contribution in [3.63, 3.8) is 0 Å². The molecule has 1 atom stereocenters. The Bertz CT molecular complexity index is 449. The van der Waals surface area contributed by atoms with Crippen LogP contribution >= 0.6 is 0 Å². The van der Waals surface area contributed by atoms with Gasteiger partial charge in [0.05, 0.1) is 6.04 Å². The molecule has 1 amide bonds. The van der Waals surface area contributed by atoms with Gasteiger partial charge >= 0.3 is 0 Å². The zero-order valence-corrected chi connectivity index (χ0v) is 10.8. The summed E-state index contributed by atoms with van der Waals surface area (Å²) in [6.45, 7) is 1.69. The predicted octanol–water partition coefficient (Wildman–Crippen LogP) is 3.06. The molecule has 18 heavy (non-hydrogen) atoms. The van der Waals surface area contributed by atoms with Gasteiger partial charge in [0.15, 0.2) is 0 Å². The van der Waals surface area contributed by atoms with Crippen LogP contribution in [-0.4, -0.2) is 5.91 Å². The molecule has 1 aromatic carbocycles. The number of carbonyl (C=O) groups excluding carboxylic acids is 1. The van der Waals surface area contributed by atoms with Gasteiger partial charge in [-0.1, -0.05) is 49.1 Å². The largest absolute Gasteiger partial charge is 0.338 e. The van der Waals surface area contributed by atoms with Crippen LogP contribution in [0.15, 0.2) is 30.3 Å². The van der Waals surface area contributed by atoms with Crippen molar-refractivity contribution < 1.29 is 4.79 Å². The Labute approximate surface area is 109 Å². The fraction of sp³-hybridized carbons (Fsp3) is 0.438. The van der Waals surface area contributed by atoms with Crippen molar-refractivity contribution in [2.24, 2.45) is 5.92 Å². The third kappa shape index (κ3) is 3.13. The van der Waals surface area contributed by atoms with Crippen LogP contribution in [0.4, 0.5) is 0 Å². The van der Waals surface area contributed by atoms with E-state index < -0.39 is 0 Å². The van der Waals surface area contributed by atoms with Crippen molar-refractivity contribution in [2.45, 2.75) is 38.6 Å². The molecular formula is C16H19NO. The van der Waals surface area contributed by atoms with Crippen molar-refractivity contribution >= 4 is 5.91 Å². The monoisotopic (exact) mass is 241 g/mol. The van der Waals surface area contributed by atoms with Gasteiger partial charge in [0.25, 0.3) is 5.91 Å². The molecule has 0 radical (unpaired) electrons. The van der Waals surface area contributed by atoms with Gasteiger partial charge in [0, 0.05) is 0 Å². The van der Waals surface area contributed by atoms with E-state index in [1.807, 2.05) is 18.2 Å².